The average molecular weight is 362 g/mol. The van der Waals surface area contributed by atoms with E-state index in [1.165, 1.54) is 5.56 Å². The maximum Gasteiger partial charge on any atom is 0.290 e. The van der Waals surface area contributed by atoms with Crippen molar-refractivity contribution in [2.45, 2.75) is 26.7 Å². The molecule has 0 radical (unpaired) electrons. The zero-order valence-corrected chi connectivity index (χ0v) is 15.5. The van der Waals surface area contributed by atoms with Crippen molar-refractivity contribution < 1.29 is 9.59 Å². The molecule has 27 heavy (non-hydrogen) atoms. The minimum Gasteiger partial charge on any atom is -0.336 e. The first kappa shape index (κ1) is 17.3. The van der Waals surface area contributed by atoms with E-state index in [0.29, 0.717) is 11.2 Å². The number of imidazole rings is 1. The van der Waals surface area contributed by atoms with Crippen molar-refractivity contribution in [1.82, 2.24) is 14.3 Å². The number of hydrogen-bond donors (Lipinski definition) is 1. The van der Waals surface area contributed by atoms with Gasteiger partial charge < -0.3 is 10.2 Å². The van der Waals surface area contributed by atoms with Gasteiger partial charge in [-0.1, -0.05) is 12.1 Å². The Balaban J connectivity index is 1.69. The van der Waals surface area contributed by atoms with E-state index < -0.39 is 0 Å². The Kier molecular flexibility index (Phi) is 4.39. The van der Waals surface area contributed by atoms with Gasteiger partial charge in [0.1, 0.15) is 0 Å². The lowest BCUT2D eigenvalue weighted by Crippen LogP contribution is -2.29. The Labute approximate surface area is 157 Å². The van der Waals surface area contributed by atoms with Crippen molar-refractivity contribution in [3.63, 3.8) is 0 Å². The number of carbonyl (C=O) groups is 2. The van der Waals surface area contributed by atoms with Crippen LogP contribution in [0.1, 0.15) is 45.1 Å². The summed E-state index contributed by atoms with van der Waals surface area (Å²) in [6.07, 6.45) is 3.79. The lowest BCUT2D eigenvalue weighted by atomic mass is 10.1. The number of rotatable bonds is 3. The number of nitrogens with zero attached hydrogens (tertiary/aromatic N) is 3. The number of nitrogens with one attached hydrogen (secondary N) is 1. The smallest absolute Gasteiger partial charge is 0.290 e. The molecule has 1 fully saturated rings. The van der Waals surface area contributed by atoms with E-state index in [9.17, 15) is 9.59 Å². The van der Waals surface area contributed by atoms with Gasteiger partial charge in [0.2, 0.25) is 5.82 Å². The molecule has 0 unspecified atom stereocenters. The minimum absolute atomic E-state index is 0.126. The second kappa shape index (κ2) is 6.87. The van der Waals surface area contributed by atoms with E-state index in [0.717, 1.165) is 31.5 Å². The minimum atomic E-state index is -0.317. The van der Waals surface area contributed by atoms with Gasteiger partial charge in [-0.15, -0.1) is 0 Å². The molecule has 0 saturated carbocycles. The first-order chi connectivity index (χ1) is 13.0. The molecule has 4 rings (SSSR count). The van der Waals surface area contributed by atoms with Gasteiger partial charge >= 0.3 is 0 Å². The Bertz CT molecular complexity index is 1030. The maximum atomic E-state index is 12.9. The zero-order chi connectivity index (χ0) is 19.0. The van der Waals surface area contributed by atoms with Crippen LogP contribution in [0.2, 0.25) is 0 Å². The Morgan fingerprint density at radius 1 is 1.04 bits per heavy atom. The molecule has 0 bridgehead atoms. The third kappa shape index (κ3) is 3.18. The van der Waals surface area contributed by atoms with Crippen LogP contribution in [0.25, 0.3) is 5.52 Å². The van der Waals surface area contributed by atoms with Crippen LogP contribution >= 0.6 is 0 Å². The van der Waals surface area contributed by atoms with Gasteiger partial charge in [-0.3, -0.25) is 14.0 Å². The Morgan fingerprint density at radius 2 is 1.81 bits per heavy atom. The van der Waals surface area contributed by atoms with Crippen molar-refractivity contribution in [2.24, 2.45) is 0 Å². The molecule has 0 aliphatic carbocycles. The fraction of sp³-hybridized carbons (Fsp3) is 0.286. The lowest BCUT2D eigenvalue weighted by Gasteiger charge is -2.13. The molecule has 0 atom stereocenters. The highest BCUT2D eigenvalue weighted by Crippen LogP contribution is 2.20. The van der Waals surface area contributed by atoms with E-state index in [4.69, 9.17) is 0 Å². The average Bonchev–Trinajstić information content (AvgIpc) is 3.32. The van der Waals surface area contributed by atoms with Gasteiger partial charge in [0.05, 0.1) is 5.52 Å². The molecule has 1 aliphatic rings. The predicted molar refractivity (Wildman–Crippen MR) is 104 cm³/mol. The number of likely N-dealkylation sites (tertiary alicyclic amines) is 1. The van der Waals surface area contributed by atoms with E-state index in [1.807, 2.05) is 50.2 Å². The number of hydrogen-bond acceptors (Lipinski definition) is 3. The van der Waals surface area contributed by atoms with E-state index in [-0.39, 0.29) is 23.3 Å². The molecule has 138 valence electrons. The first-order valence-electron chi connectivity index (χ1n) is 9.19. The number of carbonyl (C=O) groups excluding carboxylic acids is 2. The second-order valence-corrected chi connectivity index (χ2v) is 6.99. The third-order valence-corrected chi connectivity index (χ3v) is 5.11. The molecule has 3 heterocycles. The highest BCUT2D eigenvalue weighted by molar-refractivity contribution is 6.09. The molecule has 2 aromatic heterocycles. The van der Waals surface area contributed by atoms with Crippen LogP contribution in [0.3, 0.4) is 0 Å². The summed E-state index contributed by atoms with van der Waals surface area (Å²) in [5.41, 5.74) is 3.87. The summed E-state index contributed by atoms with van der Waals surface area (Å²) in [7, 11) is 0. The van der Waals surface area contributed by atoms with Gasteiger partial charge in [-0.2, -0.15) is 0 Å². The second-order valence-electron chi connectivity index (χ2n) is 6.99. The van der Waals surface area contributed by atoms with Crippen molar-refractivity contribution in [2.75, 3.05) is 18.4 Å². The zero-order valence-electron chi connectivity index (χ0n) is 15.5. The topological polar surface area (TPSA) is 66.7 Å². The number of amides is 2. The van der Waals surface area contributed by atoms with Crippen LogP contribution in [0.15, 0.2) is 42.6 Å². The van der Waals surface area contributed by atoms with Gasteiger partial charge in [-0.05, 0) is 62.1 Å². The fourth-order valence-electron chi connectivity index (χ4n) is 3.43. The number of fused-ring (bicyclic) bond motifs is 1. The summed E-state index contributed by atoms with van der Waals surface area (Å²) < 4.78 is 1.70. The van der Waals surface area contributed by atoms with Gasteiger partial charge in [0.15, 0.2) is 5.69 Å². The standard InChI is InChI=1S/C21H22N4O2/c1-14-8-9-16(13-15(14)2)22-20(26)18-17-7-3-4-12-25(17)19(23-18)21(27)24-10-5-6-11-24/h3-4,7-9,12-13H,5-6,10-11H2,1-2H3,(H,22,26). The van der Waals surface area contributed by atoms with E-state index >= 15 is 0 Å². The van der Waals surface area contributed by atoms with Gasteiger partial charge in [-0.25, -0.2) is 4.98 Å². The van der Waals surface area contributed by atoms with Crippen molar-refractivity contribution in [3.05, 3.63) is 65.2 Å². The number of aryl methyl sites for hydroxylation is 2. The predicted octanol–water partition coefficient (Wildman–Crippen LogP) is 3.44. The highest BCUT2D eigenvalue weighted by Gasteiger charge is 2.26. The van der Waals surface area contributed by atoms with Crippen LogP contribution in [0, 0.1) is 13.8 Å². The van der Waals surface area contributed by atoms with Crippen molar-refractivity contribution in [3.8, 4) is 0 Å². The number of pyridine rings is 1. The van der Waals surface area contributed by atoms with Crippen LogP contribution in [0.5, 0.6) is 0 Å². The molecule has 1 aromatic carbocycles. The van der Waals surface area contributed by atoms with Crippen molar-refractivity contribution >= 4 is 23.0 Å². The van der Waals surface area contributed by atoms with E-state index in [2.05, 4.69) is 10.3 Å². The summed E-state index contributed by atoms with van der Waals surface area (Å²) in [6, 6.07) is 11.3. The monoisotopic (exact) mass is 362 g/mol. The van der Waals surface area contributed by atoms with Crippen LogP contribution < -0.4 is 5.32 Å². The summed E-state index contributed by atoms with van der Waals surface area (Å²) in [5.74, 6) is -0.154. The van der Waals surface area contributed by atoms with Gasteiger partial charge in [0, 0.05) is 25.0 Å². The Morgan fingerprint density at radius 3 is 2.56 bits per heavy atom. The largest absolute Gasteiger partial charge is 0.336 e. The molecule has 1 aliphatic heterocycles. The molecule has 3 aromatic rings. The van der Waals surface area contributed by atoms with Crippen LogP contribution in [-0.2, 0) is 0 Å². The summed E-state index contributed by atoms with van der Waals surface area (Å²) >= 11 is 0. The molecule has 2 amide bonds. The number of aromatic nitrogens is 2. The quantitative estimate of drug-likeness (QED) is 0.776. The summed E-state index contributed by atoms with van der Waals surface area (Å²) in [4.78, 5) is 31.9. The molecular weight excluding hydrogens is 340 g/mol. The highest BCUT2D eigenvalue weighted by atomic mass is 16.2. The Hall–Kier alpha value is -3.15. The molecule has 6 heteroatoms. The fourth-order valence-corrected chi connectivity index (χ4v) is 3.43. The lowest BCUT2D eigenvalue weighted by molar-refractivity contribution is 0.0780. The molecular formula is C21H22N4O2. The SMILES string of the molecule is Cc1ccc(NC(=O)c2nc(C(=O)N3CCCC3)n3ccccc23)cc1C. The molecule has 1 N–H and O–H groups in total. The summed E-state index contributed by atoms with van der Waals surface area (Å²) in [6.45, 7) is 5.51. The van der Waals surface area contributed by atoms with Gasteiger partial charge in [0.25, 0.3) is 11.8 Å². The number of anilines is 1. The number of benzene rings is 1. The van der Waals surface area contributed by atoms with Crippen LogP contribution in [0.4, 0.5) is 5.69 Å². The maximum absolute atomic E-state index is 12.9. The van der Waals surface area contributed by atoms with E-state index in [1.54, 1.807) is 15.5 Å². The van der Waals surface area contributed by atoms with Crippen molar-refractivity contribution in [1.29, 1.82) is 0 Å². The van der Waals surface area contributed by atoms with Crippen LogP contribution in [-0.4, -0.2) is 39.2 Å². The summed E-state index contributed by atoms with van der Waals surface area (Å²) in [5, 5.41) is 2.90. The normalized spacial score (nSPS) is 13.9. The molecule has 0 spiro atoms. The molecule has 1 saturated heterocycles. The first-order valence-corrected chi connectivity index (χ1v) is 9.19. The third-order valence-electron chi connectivity index (χ3n) is 5.11. The molecule has 6 nitrogen and oxygen atoms in total.